The van der Waals surface area contributed by atoms with Gasteiger partial charge in [-0.3, -0.25) is 0 Å². The van der Waals surface area contributed by atoms with Crippen molar-refractivity contribution in [2.75, 3.05) is 0 Å². The predicted octanol–water partition coefficient (Wildman–Crippen LogP) is 5.88. The molecule has 1 heterocycles. The van der Waals surface area contributed by atoms with Crippen LogP contribution in [0.2, 0.25) is 0 Å². The Hall–Kier alpha value is -3.06. The van der Waals surface area contributed by atoms with Crippen LogP contribution in [0.25, 0.3) is 11.1 Å². The summed E-state index contributed by atoms with van der Waals surface area (Å²) < 4.78 is 6.04. The van der Waals surface area contributed by atoms with Gasteiger partial charge in [-0.05, 0) is 28.3 Å². The maximum atomic E-state index is 6.04. The van der Waals surface area contributed by atoms with E-state index in [4.69, 9.17) is 4.74 Å². The molecule has 24 heavy (non-hydrogen) atoms. The summed E-state index contributed by atoms with van der Waals surface area (Å²) in [6.07, 6.45) is 4.05. The number of rotatable bonds is 3. The van der Waals surface area contributed by atoms with Gasteiger partial charge in [0.05, 0.1) is 6.26 Å². The summed E-state index contributed by atoms with van der Waals surface area (Å²) in [5.41, 5.74) is 5.86. The fourth-order valence-electron chi connectivity index (χ4n) is 3.01. The number of benzene rings is 3. The molecule has 3 aromatic rings. The van der Waals surface area contributed by atoms with E-state index in [1.54, 1.807) is 0 Å². The Kier molecular flexibility index (Phi) is 3.99. The molecule has 0 saturated carbocycles. The third-order valence-corrected chi connectivity index (χ3v) is 4.24. The highest BCUT2D eigenvalue weighted by molar-refractivity contribution is 6.05. The lowest BCUT2D eigenvalue weighted by Gasteiger charge is -2.24. The van der Waals surface area contributed by atoms with Crippen LogP contribution >= 0.6 is 0 Å². The van der Waals surface area contributed by atoms with Crippen molar-refractivity contribution >= 4 is 11.1 Å². The average Bonchev–Trinajstić information content (AvgIpc) is 2.69. The predicted molar refractivity (Wildman–Crippen MR) is 99.1 cm³/mol. The average molecular weight is 310 g/mol. The molecule has 0 amide bonds. The largest absolute Gasteiger partial charge is 0.489 e. The summed E-state index contributed by atoms with van der Waals surface area (Å²) >= 11 is 0. The molecule has 116 valence electrons. The number of hydrogen-bond acceptors (Lipinski definition) is 1. The van der Waals surface area contributed by atoms with Gasteiger partial charge >= 0.3 is 0 Å². The smallest absolute Gasteiger partial charge is 0.142 e. The lowest BCUT2D eigenvalue weighted by Crippen LogP contribution is -2.05. The molecule has 1 aliphatic rings. The van der Waals surface area contributed by atoms with Crippen LogP contribution in [0, 0.1) is 0 Å². The van der Waals surface area contributed by atoms with Crippen LogP contribution in [0.15, 0.2) is 103 Å². The van der Waals surface area contributed by atoms with Crippen molar-refractivity contribution in [3.05, 3.63) is 120 Å². The number of hydrogen-bond donors (Lipinski definition) is 0. The summed E-state index contributed by atoms with van der Waals surface area (Å²) in [6.45, 7) is 0. The van der Waals surface area contributed by atoms with Crippen LogP contribution in [-0.4, -0.2) is 0 Å². The van der Waals surface area contributed by atoms with Gasteiger partial charge < -0.3 is 4.74 Å². The summed E-state index contributed by atoms with van der Waals surface area (Å²) in [6, 6.07) is 31.2. The Morgan fingerprint density at radius 3 is 1.62 bits per heavy atom. The van der Waals surface area contributed by atoms with E-state index in [1.165, 1.54) is 16.7 Å². The second-order valence-corrected chi connectivity index (χ2v) is 5.81. The third kappa shape index (κ3) is 2.89. The molecule has 0 bridgehead atoms. The molecule has 0 radical (unpaired) electrons. The monoisotopic (exact) mass is 310 g/mol. The molecule has 1 nitrogen and oxygen atoms in total. The summed E-state index contributed by atoms with van der Waals surface area (Å²) in [5, 5.41) is 0. The van der Waals surface area contributed by atoms with Crippen LogP contribution in [0.1, 0.15) is 22.8 Å². The fourth-order valence-corrected chi connectivity index (χ4v) is 3.01. The first kappa shape index (κ1) is 14.5. The Morgan fingerprint density at radius 2 is 1.04 bits per heavy atom. The lowest BCUT2D eigenvalue weighted by atomic mass is 9.90. The minimum Gasteiger partial charge on any atom is -0.489 e. The molecule has 0 N–H and O–H groups in total. The highest BCUT2D eigenvalue weighted by Gasteiger charge is 2.20. The summed E-state index contributed by atoms with van der Waals surface area (Å²) in [4.78, 5) is 0. The SMILES string of the molecule is C1=C(c2ccccc2)C(c2ccccc2)=CC(c2ccccc2)O1. The lowest BCUT2D eigenvalue weighted by molar-refractivity contribution is 0.189. The van der Waals surface area contributed by atoms with Crippen LogP contribution in [0.4, 0.5) is 0 Å². The van der Waals surface area contributed by atoms with E-state index in [2.05, 4.69) is 66.7 Å². The maximum Gasteiger partial charge on any atom is 0.142 e. The Morgan fingerprint density at radius 1 is 0.542 bits per heavy atom. The maximum absolute atomic E-state index is 6.04. The van der Waals surface area contributed by atoms with Crippen LogP contribution in [-0.2, 0) is 4.74 Å². The van der Waals surface area contributed by atoms with Crippen molar-refractivity contribution in [1.29, 1.82) is 0 Å². The molecule has 1 aliphatic heterocycles. The quantitative estimate of drug-likeness (QED) is 0.586. The molecule has 0 saturated heterocycles. The van der Waals surface area contributed by atoms with Crippen molar-refractivity contribution in [2.45, 2.75) is 6.10 Å². The Bertz CT molecular complexity index is 862. The van der Waals surface area contributed by atoms with Crippen molar-refractivity contribution in [3.63, 3.8) is 0 Å². The summed E-state index contributed by atoms with van der Waals surface area (Å²) in [7, 11) is 0. The first-order chi connectivity index (χ1) is 11.9. The molecular formula is C23H18O. The zero-order valence-electron chi connectivity index (χ0n) is 13.3. The minimum absolute atomic E-state index is 0.0612. The van der Waals surface area contributed by atoms with Gasteiger partial charge in [-0.1, -0.05) is 91.0 Å². The highest BCUT2D eigenvalue weighted by Crippen LogP contribution is 2.38. The van der Waals surface area contributed by atoms with E-state index in [0.717, 1.165) is 11.1 Å². The highest BCUT2D eigenvalue weighted by atomic mass is 16.5. The Balaban J connectivity index is 1.79. The first-order valence-corrected chi connectivity index (χ1v) is 8.15. The standard InChI is InChI=1S/C23H18O/c1-4-10-18(11-5-1)21-16-23(20-14-8-3-9-15-20)24-17-22(21)19-12-6-2-7-13-19/h1-17,23H. The third-order valence-electron chi connectivity index (χ3n) is 4.24. The van der Waals surface area contributed by atoms with Crippen molar-refractivity contribution < 1.29 is 4.74 Å². The van der Waals surface area contributed by atoms with Gasteiger partial charge in [0, 0.05) is 5.57 Å². The molecule has 3 aromatic carbocycles. The van der Waals surface area contributed by atoms with Crippen LogP contribution in [0.3, 0.4) is 0 Å². The zero-order valence-corrected chi connectivity index (χ0v) is 13.3. The molecule has 1 unspecified atom stereocenters. The summed E-state index contributed by atoms with van der Waals surface area (Å²) in [5.74, 6) is 0. The Labute approximate surface area is 142 Å². The van der Waals surface area contributed by atoms with E-state index in [-0.39, 0.29) is 6.10 Å². The number of allylic oxidation sites excluding steroid dienone is 2. The van der Waals surface area contributed by atoms with Gasteiger partial charge in [0.2, 0.25) is 0 Å². The van der Waals surface area contributed by atoms with E-state index in [9.17, 15) is 0 Å². The number of ether oxygens (including phenoxy) is 1. The van der Waals surface area contributed by atoms with Gasteiger partial charge in [-0.2, -0.15) is 0 Å². The second-order valence-electron chi connectivity index (χ2n) is 5.81. The zero-order chi connectivity index (χ0) is 16.2. The van der Waals surface area contributed by atoms with Crippen molar-refractivity contribution in [1.82, 2.24) is 0 Å². The molecular weight excluding hydrogens is 292 g/mol. The molecule has 0 aliphatic carbocycles. The minimum atomic E-state index is -0.0612. The van der Waals surface area contributed by atoms with E-state index < -0.39 is 0 Å². The van der Waals surface area contributed by atoms with Crippen molar-refractivity contribution in [3.8, 4) is 0 Å². The fraction of sp³-hybridized carbons (Fsp3) is 0.0435. The van der Waals surface area contributed by atoms with E-state index in [0.29, 0.717) is 0 Å². The molecule has 0 aromatic heterocycles. The van der Waals surface area contributed by atoms with Crippen molar-refractivity contribution in [2.24, 2.45) is 0 Å². The molecule has 1 atom stereocenters. The molecule has 0 spiro atoms. The van der Waals surface area contributed by atoms with Gasteiger partial charge in [-0.15, -0.1) is 0 Å². The van der Waals surface area contributed by atoms with Gasteiger partial charge in [0.15, 0.2) is 0 Å². The van der Waals surface area contributed by atoms with Crippen LogP contribution in [0.5, 0.6) is 0 Å². The van der Waals surface area contributed by atoms with Gasteiger partial charge in [0.25, 0.3) is 0 Å². The van der Waals surface area contributed by atoms with Gasteiger partial charge in [-0.25, -0.2) is 0 Å². The molecule has 1 heteroatoms. The normalized spacial score (nSPS) is 16.8. The van der Waals surface area contributed by atoms with Crippen LogP contribution < -0.4 is 0 Å². The topological polar surface area (TPSA) is 9.23 Å². The van der Waals surface area contributed by atoms with E-state index in [1.807, 2.05) is 36.6 Å². The van der Waals surface area contributed by atoms with Gasteiger partial charge in [0.1, 0.15) is 6.10 Å². The molecule has 4 rings (SSSR count). The molecule has 0 fully saturated rings. The van der Waals surface area contributed by atoms with E-state index >= 15 is 0 Å². The first-order valence-electron chi connectivity index (χ1n) is 8.15. The second kappa shape index (κ2) is 6.59.